The molecule has 0 spiro atoms. The third-order valence-electron chi connectivity index (χ3n) is 5.31. The zero-order valence-corrected chi connectivity index (χ0v) is 16.6. The number of hydrogen-bond donors (Lipinski definition) is 2. The van der Waals surface area contributed by atoms with Crippen molar-refractivity contribution in [2.45, 2.75) is 12.1 Å². The monoisotopic (exact) mass is 418 g/mol. The Bertz CT molecular complexity index is 1090. The van der Waals surface area contributed by atoms with Crippen LogP contribution in [0.3, 0.4) is 0 Å². The molecule has 4 N–H and O–H groups in total. The molecule has 31 heavy (non-hydrogen) atoms. The van der Waals surface area contributed by atoms with Crippen LogP contribution in [0.2, 0.25) is 0 Å². The summed E-state index contributed by atoms with van der Waals surface area (Å²) >= 11 is 0. The average molecular weight is 418 g/mol. The molecule has 0 aromatic heterocycles. The van der Waals surface area contributed by atoms with Crippen LogP contribution in [0, 0.1) is 0 Å². The largest absolute Gasteiger partial charge is 0.399 e. The average Bonchev–Trinajstić information content (AvgIpc) is 2.75. The summed E-state index contributed by atoms with van der Waals surface area (Å²) in [7, 11) is 0. The van der Waals surface area contributed by atoms with Crippen molar-refractivity contribution < 1.29 is 13.2 Å². The van der Waals surface area contributed by atoms with Gasteiger partial charge in [-0.2, -0.15) is 13.2 Å². The normalized spacial score (nSPS) is 11.6. The van der Waals surface area contributed by atoms with Gasteiger partial charge in [0.25, 0.3) is 0 Å². The number of halogens is 3. The second kappa shape index (κ2) is 8.19. The van der Waals surface area contributed by atoms with Gasteiger partial charge in [-0.15, -0.1) is 0 Å². The van der Waals surface area contributed by atoms with E-state index in [1.165, 1.54) is 0 Å². The first-order valence-corrected chi connectivity index (χ1v) is 9.81. The number of nitrogens with two attached hydrogens (primary N) is 2. The predicted octanol–water partition coefficient (Wildman–Crippen LogP) is 6.88. The molecule has 0 heterocycles. The molecule has 0 aliphatic heterocycles. The molecule has 0 saturated heterocycles. The molecule has 4 aromatic carbocycles. The smallest absolute Gasteiger partial charge is 0.399 e. The van der Waals surface area contributed by atoms with E-state index in [-0.39, 0.29) is 11.1 Å². The van der Waals surface area contributed by atoms with Crippen molar-refractivity contribution in [3.05, 3.63) is 108 Å². The first kappa shape index (κ1) is 20.5. The van der Waals surface area contributed by atoms with E-state index >= 15 is 0 Å². The molecule has 0 unspecified atom stereocenters. The third-order valence-corrected chi connectivity index (χ3v) is 5.31. The summed E-state index contributed by atoms with van der Waals surface area (Å²) in [5.41, 5.74) is 15.5. The molecule has 156 valence electrons. The highest BCUT2D eigenvalue weighted by Crippen LogP contribution is 2.46. The Hall–Kier alpha value is -3.73. The summed E-state index contributed by atoms with van der Waals surface area (Å²) in [6.07, 6.45) is -4.49. The molecule has 2 nitrogen and oxygen atoms in total. The summed E-state index contributed by atoms with van der Waals surface area (Å²) in [5.74, 6) is -1.80. The van der Waals surface area contributed by atoms with Crippen molar-refractivity contribution in [2.24, 2.45) is 0 Å². The highest BCUT2D eigenvalue weighted by molar-refractivity contribution is 5.74. The van der Waals surface area contributed by atoms with Crippen LogP contribution in [0.4, 0.5) is 24.5 Å². The van der Waals surface area contributed by atoms with Crippen LogP contribution >= 0.6 is 0 Å². The third kappa shape index (κ3) is 4.26. The minimum atomic E-state index is -4.49. The maximum absolute atomic E-state index is 14.6. The molecule has 0 aliphatic rings. The second-order valence-corrected chi connectivity index (χ2v) is 7.39. The second-order valence-electron chi connectivity index (χ2n) is 7.39. The van der Waals surface area contributed by atoms with E-state index in [2.05, 4.69) is 0 Å². The molecular formula is C26H21F3N2. The van der Waals surface area contributed by atoms with Crippen molar-refractivity contribution >= 4 is 11.4 Å². The zero-order chi connectivity index (χ0) is 22.0. The van der Waals surface area contributed by atoms with E-state index in [1.807, 2.05) is 0 Å². The van der Waals surface area contributed by atoms with Gasteiger partial charge in [-0.3, -0.25) is 0 Å². The van der Waals surface area contributed by atoms with Gasteiger partial charge < -0.3 is 11.5 Å². The number of anilines is 2. The zero-order valence-electron chi connectivity index (χ0n) is 16.6. The van der Waals surface area contributed by atoms with Gasteiger partial charge in [0.15, 0.2) is 0 Å². The Morgan fingerprint density at radius 3 is 1.23 bits per heavy atom. The number of nitrogen functional groups attached to an aromatic ring is 2. The Morgan fingerprint density at radius 2 is 0.871 bits per heavy atom. The molecule has 0 amide bonds. The first-order valence-electron chi connectivity index (χ1n) is 9.81. The van der Waals surface area contributed by atoms with Crippen LogP contribution in [0.1, 0.15) is 17.0 Å². The van der Waals surface area contributed by atoms with E-state index in [0.717, 1.165) is 0 Å². The summed E-state index contributed by atoms with van der Waals surface area (Å²) in [6.45, 7) is 0. The molecule has 0 bridgehead atoms. The van der Waals surface area contributed by atoms with Crippen LogP contribution in [-0.2, 0) is 0 Å². The number of hydrogen-bond acceptors (Lipinski definition) is 2. The lowest BCUT2D eigenvalue weighted by atomic mass is 9.82. The van der Waals surface area contributed by atoms with Crippen molar-refractivity contribution in [2.75, 3.05) is 11.5 Å². The molecule has 4 aromatic rings. The lowest BCUT2D eigenvalue weighted by Gasteiger charge is -2.26. The van der Waals surface area contributed by atoms with Crippen molar-refractivity contribution in [3.8, 4) is 22.3 Å². The fourth-order valence-corrected chi connectivity index (χ4v) is 3.87. The molecule has 0 aliphatic carbocycles. The Kier molecular flexibility index (Phi) is 5.42. The van der Waals surface area contributed by atoms with Gasteiger partial charge in [0.2, 0.25) is 0 Å². The van der Waals surface area contributed by atoms with Gasteiger partial charge in [0, 0.05) is 11.4 Å². The van der Waals surface area contributed by atoms with E-state index < -0.39 is 12.1 Å². The van der Waals surface area contributed by atoms with E-state index in [0.29, 0.717) is 33.6 Å². The van der Waals surface area contributed by atoms with Crippen molar-refractivity contribution in [1.82, 2.24) is 0 Å². The van der Waals surface area contributed by atoms with Gasteiger partial charge >= 0.3 is 6.18 Å². The standard InChI is InChI=1S/C26H21F3N2/c27-26(28,29)25(23-7-3-1-5-21(23)17-9-13-19(30)14-10-17)24-8-4-2-6-22(24)18-11-15-20(31)16-12-18/h1-16,25H,30-31H2. The van der Waals surface area contributed by atoms with E-state index in [4.69, 9.17) is 11.5 Å². The topological polar surface area (TPSA) is 52.0 Å². The minimum Gasteiger partial charge on any atom is -0.399 e. The highest BCUT2D eigenvalue weighted by atomic mass is 19.4. The highest BCUT2D eigenvalue weighted by Gasteiger charge is 2.44. The quantitative estimate of drug-likeness (QED) is 0.355. The summed E-state index contributed by atoms with van der Waals surface area (Å²) in [5, 5.41) is 0. The lowest BCUT2D eigenvalue weighted by molar-refractivity contribution is -0.140. The number of benzene rings is 4. The van der Waals surface area contributed by atoms with Crippen molar-refractivity contribution in [3.63, 3.8) is 0 Å². The van der Waals surface area contributed by atoms with Crippen molar-refractivity contribution in [1.29, 1.82) is 0 Å². The fraction of sp³-hybridized carbons (Fsp3) is 0.0769. The number of alkyl halides is 3. The molecular weight excluding hydrogens is 397 g/mol. The van der Waals surface area contributed by atoms with Gasteiger partial charge in [0.1, 0.15) is 5.92 Å². The molecule has 0 saturated carbocycles. The lowest BCUT2D eigenvalue weighted by Crippen LogP contribution is -2.23. The first-order chi connectivity index (χ1) is 14.8. The van der Waals surface area contributed by atoms with Crippen LogP contribution in [0.25, 0.3) is 22.3 Å². The van der Waals surface area contributed by atoms with E-state index in [1.54, 1.807) is 97.1 Å². The van der Waals surface area contributed by atoms with Gasteiger partial charge in [-0.05, 0) is 57.6 Å². The summed E-state index contributed by atoms with van der Waals surface area (Å²) < 4.78 is 43.7. The Labute approximate surface area is 179 Å². The Balaban J connectivity index is 1.93. The number of rotatable bonds is 4. The van der Waals surface area contributed by atoms with Gasteiger partial charge in [-0.25, -0.2) is 0 Å². The molecule has 0 atom stereocenters. The summed E-state index contributed by atoms with van der Waals surface area (Å²) in [4.78, 5) is 0. The molecule has 4 rings (SSSR count). The Morgan fingerprint density at radius 1 is 0.516 bits per heavy atom. The van der Waals surface area contributed by atoms with E-state index in [9.17, 15) is 13.2 Å². The van der Waals surface area contributed by atoms with Gasteiger partial charge in [0.05, 0.1) is 0 Å². The fourth-order valence-electron chi connectivity index (χ4n) is 3.87. The maximum atomic E-state index is 14.6. The van der Waals surface area contributed by atoms with Gasteiger partial charge in [-0.1, -0.05) is 72.8 Å². The summed E-state index contributed by atoms with van der Waals surface area (Å²) in [6, 6.07) is 27.0. The van der Waals surface area contributed by atoms with Crippen LogP contribution < -0.4 is 11.5 Å². The van der Waals surface area contributed by atoms with Crippen LogP contribution in [-0.4, -0.2) is 6.18 Å². The molecule has 0 fully saturated rings. The van der Waals surface area contributed by atoms with Crippen LogP contribution in [0.15, 0.2) is 97.1 Å². The molecule has 5 heteroatoms. The van der Waals surface area contributed by atoms with Crippen LogP contribution in [0.5, 0.6) is 0 Å². The maximum Gasteiger partial charge on any atom is 0.399 e. The predicted molar refractivity (Wildman–Crippen MR) is 120 cm³/mol. The minimum absolute atomic E-state index is 0.197. The molecule has 0 radical (unpaired) electrons. The SMILES string of the molecule is Nc1ccc(-c2ccccc2C(c2ccccc2-c2ccc(N)cc2)C(F)(F)F)cc1.